The van der Waals surface area contributed by atoms with Gasteiger partial charge in [-0.1, -0.05) is 13.0 Å². The van der Waals surface area contributed by atoms with Gasteiger partial charge in [-0.05, 0) is 43.8 Å². The summed E-state index contributed by atoms with van der Waals surface area (Å²) in [7, 11) is 1.82. The van der Waals surface area contributed by atoms with Gasteiger partial charge in [0, 0.05) is 31.3 Å². The molecule has 0 radical (unpaired) electrons. The number of hydrogen-bond donors (Lipinski definition) is 2. The average Bonchev–Trinajstić information content (AvgIpc) is 2.65. The molecular weight excluding hydrogens is 318 g/mol. The maximum absolute atomic E-state index is 11.7. The van der Waals surface area contributed by atoms with Gasteiger partial charge in [-0.2, -0.15) is 0 Å². The van der Waals surface area contributed by atoms with E-state index in [4.69, 9.17) is 9.47 Å². The molecule has 0 fully saturated rings. The molecule has 6 nitrogen and oxygen atoms in total. The van der Waals surface area contributed by atoms with E-state index in [2.05, 4.69) is 22.5 Å². The molecule has 0 aliphatic heterocycles. The lowest BCUT2D eigenvalue weighted by molar-refractivity contribution is -0.121. The Hall–Kier alpha value is -2.60. The summed E-state index contributed by atoms with van der Waals surface area (Å²) >= 11 is 0. The summed E-state index contributed by atoms with van der Waals surface area (Å²) in [6, 6.07) is 11.1. The summed E-state index contributed by atoms with van der Waals surface area (Å²) in [6.45, 7) is 3.79. The minimum absolute atomic E-state index is 0.0124. The largest absolute Gasteiger partial charge is 0.494 e. The summed E-state index contributed by atoms with van der Waals surface area (Å²) in [6.07, 6.45) is 3.07. The molecule has 0 saturated heterocycles. The second-order valence-corrected chi connectivity index (χ2v) is 5.52. The van der Waals surface area contributed by atoms with Crippen molar-refractivity contribution < 1.29 is 14.3 Å². The van der Waals surface area contributed by atoms with E-state index in [1.54, 1.807) is 6.20 Å². The molecule has 0 atom stereocenters. The second-order valence-electron chi connectivity index (χ2n) is 5.52. The van der Waals surface area contributed by atoms with Crippen molar-refractivity contribution in [2.24, 2.45) is 0 Å². The van der Waals surface area contributed by atoms with Gasteiger partial charge >= 0.3 is 0 Å². The van der Waals surface area contributed by atoms with E-state index >= 15 is 0 Å². The van der Waals surface area contributed by atoms with E-state index in [0.717, 1.165) is 17.7 Å². The number of carbonyl (C=O) groups is 1. The van der Waals surface area contributed by atoms with Crippen molar-refractivity contribution >= 4 is 5.91 Å². The van der Waals surface area contributed by atoms with Crippen LogP contribution in [-0.2, 0) is 11.3 Å². The Labute approximate surface area is 148 Å². The van der Waals surface area contributed by atoms with Crippen molar-refractivity contribution in [1.82, 2.24) is 15.6 Å². The molecule has 0 saturated carbocycles. The molecule has 1 aromatic heterocycles. The zero-order valence-corrected chi connectivity index (χ0v) is 14.7. The normalized spacial score (nSPS) is 10.3. The van der Waals surface area contributed by atoms with E-state index in [1.807, 2.05) is 43.4 Å². The molecule has 1 aromatic carbocycles. The van der Waals surface area contributed by atoms with Gasteiger partial charge in [0.15, 0.2) is 0 Å². The molecule has 2 N–H and O–H groups in total. The number of benzene rings is 1. The monoisotopic (exact) mass is 343 g/mol. The van der Waals surface area contributed by atoms with Gasteiger partial charge in [0.2, 0.25) is 11.8 Å². The van der Waals surface area contributed by atoms with Gasteiger partial charge in [0.25, 0.3) is 0 Å². The molecule has 2 rings (SSSR count). The smallest absolute Gasteiger partial charge is 0.224 e. The van der Waals surface area contributed by atoms with Gasteiger partial charge in [-0.25, -0.2) is 4.98 Å². The van der Waals surface area contributed by atoms with Crippen LogP contribution in [-0.4, -0.2) is 31.1 Å². The van der Waals surface area contributed by atoms with E-state index in [1.165, 1.54) is 0 Å². The minimum Gasteiger partial charge on any atom is -0.494 e. The molecule has 0 spiro atoms. The highest BCUT2D eigenvalue weighted by Crippen LogP contribution is 2.25. The quantitative estimate of drug-likeness (QED) is 0.694. The fourth-order valence-corrected chi connectivity index (χ4v) is 2.11. The number of hydrogen-bond acceptors (Lipinski definition) is 5. The fraction of sp³-hybridized carbons (Fsp3) is 0.368. The van der Waals surface area contributed by atoms with Crippen molar-refractivity contribution in [3.8, 4) is 17.4 Å². The Morgan fingerprint density at radius 3 is 2.64 bits per heavy atom. The van der Waals surface area contributed by atoms with Crippen LogP contribution in [0.2, 0.25) is 0 Å². The number of aromatic nitrogens is 1. The highest BCUT2D eigenvalue weighted by molar-refractivity contribution is 5.76. The Morgan fingerprint density at radius 2 is 1.92 bits per heavy atom. The molecule has 2 aromatic rings. The van der Waals surface area contributed by atoms with Gasteiger partial charge in [-0.15, -0.1) is 0 Å². The van der Waals surface area contributed by atoms with Crippen LogP contribution >= 0.6 is 0 Å². The third-order valence-corrected chi connectivity index (χ3v) is 3.44. The number of nitrogens with zero attached hydrogens (tertiary/aromatic N) is 1. The number of nitrogens with one attached hydrogen (secondary N) is 2. The van der Waals surface area contributed by atoms with Crippen LogP contribution < -0.4 is 20.1 Å². The minimum atomic E-state index is -0.0124. The Morgan fingerprint density at radius 1 is 1.16 bits per heavy atom. The predicted molar refractivity (Wildman–Crippen MR) is 96.9 cm³/mol. The second kappa shape index (κ2) is 10.3. The first-order valence-electron chi connectivity index (χ1n) is 8.49. The van der Waals surface area contributed by atoms with Crippen LogP contribution in [0.1, 0.15) is 25.3 Å². The van der Waals surface area contributed by atoms with E-state index < -0.39 is 0 Å². The van der Waals surface area contributed by atoms with Gasteiger partial charge in [-0.3, -0.25) is 4.79 Å². The SMILES string of the molecule is CCCOc1ccc(Oc2ncccc2CNC(=O)CCNC)cc1. The first-order valence-corrected chi connectivity index (χ1v) is 8.49. The first kappa shape index (κ1) is 18.7. The van der Waals surface area contributed by atoms with E-state index in [-0.39, 0.29) is 5.91 Å². The van der Waals surface area contributed by atoms with E-state index in [0.29, 0.717) is 37.7 Å². The number of pyridine rings is 1. The van der Waals surface area contributed by atoms with E-state index in [9.17, 15) is 4.79 Å². The first-order chi connectivity index (χ1) is 12.2. The number of carbonyl (C=O) groups excluding carboxylic acids is 1. The maximum Gasteiger partial charge on any atom is 0.224 e. The molecule has 0 unspecified atom stereocenters. The third-order valence-electron chi connectivity index (χ3n) is 3.44. The summed E-state index contributed by atoms with van der Waals surface area (Å²) in [4.78, 5) is 16.0. The molecule has 0 bridgehead atoms. The summed E-state index contributed by atoms with van der Waals surface area (Å²) < 4.78 is 11.4. The van der Waals surface area contributed by atoms with Crippen LogP contribution in [0.3, 0.4) is 0 Å². The topological polar surface area (TPSA) is 72.5 Å². The molecule has 1 heterocycles. The number of rotatable bonds is 10. The summed E-state index contributed by atoms with van der Waals surface area (Å²) in [5.74, 6) is 1.96. The highest BCUT2D eigenvalue weighted by Gasteiger charge is 2.08. The molecule has 0 aliphatic rings. The maximum atomic E-state index is 11.7. The molecular formula is C19H25N3O3. The Kier molecular flexibility index (Phi) is 7.72. The predicted octanol–water partition coefficient (Wildman–Crippen LogP) is 2.89. The third kappa shape index (κ3) is 6.43. The van der Waals surface area contributed by atoms with Gasteiger partial charge in [0.1, 0.15) is 11.5 Å². The van der Waals surface area contributed by atoms with Crippen LogP contribution in [0.4, 0.5) is 0 Å². The van der Waals surface area contributed by atoms with Crippen LogP contribution in [0.15, 0.2) is 42.6 Å². The molecule has 0 aliphatic carbocycles. The standard InChI is InChI=1S/C19H25N3O3/c1-3-13-24-16-6-8-17(9-7-16)25-19-15(5-4-11-21-19)14-22-18(23)10-12-20-2/h4-9,11,20H,3,10,12-14H2,1-2H3,(H,22,23). The highest BCUT2D eigenvalue weighted by atomic mass is 16.5. The lowest BCUT2D eigenvalue weighted by atomic mass is 10.2. The zero-order valence-electron chi connectivity index (χ0n) is 14.7. The summed E-state index contributed by atoms with van der Waals surface area (Å²) in [5.41, 5.74) is 0.826. The van der Waals surface area contributed by atoms with Gasteiger partial charge < -0.3 is 20.1 Å². The molecule has 25 heavy (non-hydrogen) atoms. The Bertz CT molecular complexity index is 659. The number of amides is 1. The average molecular weight is 343 g/mol. The van der Waals surface area contributed by atoms with Crippen molar-refractivity contribution in [2.75, 3.05) is 20.2 Å². The van der Waals surface area contributed by atoms with Crippen LogP contribution in [0.25, 0.3) is 0 Å². The van der Waals surface area contributed by atoms with Crippen molar-refractivity contribution in [3.63, 3.8) is 0 Å². The van der Waals surface area contributed by atoms with Crippen molar-refractivity contribution in [2.45, 2.75) is 26.3 Å². The Balaban J connectivity index is 1.96. The molecule has 134 valence electrons. The van der Waals surface area contributed by atoms with Crippen molar-refractivity contribution in [1.29, 1.82) is 0 Å². The molecule has 6 heteroatoms. The summed E-state index contributed by atoms with van der Waals surface area (Å²) in [5, 5.41) is 5.82. The lowest BCUT2D eigenvalue weighted by Crippen LogP contribution is -2.26. The van der Waals surface area contributed by atoms with Crippen molar-refractivity contribution in [3.05, 3.63) is 48.2 Å². The zero-order chi connectivity index (χ0) is 17.9. The van der Waals surface area contributed by atoms with Gasteiger partial charge in [0.05, 0.1) is 6.61 Å². The lowest BCUT2D eigenvalue weighted by Gasteiger charge is -2.11. The fourth-order valence-electron chi connectivity index (χ4n) is 2.11. The van der Waals surface area contributed by atoms with Crippen LogP contribution in [0.5, 0.6) is 17.4 Å². The number of ether oxygens (including phenoxy) is 2. The van der Waals surface area contributed by atoms with Crippen LogP contribution in [0, 0.1) is 0 Å². The molecule has 1 amide bonds.